The fourth-order valence-electron chi connectivity index (χ4n) is 5.07. The molecule has 0 amide bonds. The van der Waals surface area contributed by atoms with Crippen molar-refractivity contribution >= 4 is 28.6 Å². The van der Waals surface area contributed by atoms with Crippen LogP contribution in [0.1, 0.15) is 43.7 Å². The maximum atomic E-state index is 13.7. The second-order valence-corrected chi connectivity index (χ2v) is 10.4. The number of Topliss-reactive ketones (excluding diaryl/α,β-unsaturated/α-hetero) is 1. The number of hydrogen-bond acceptors (Lipinski definition) is 4. The Balaban J connectivity index is 1.85. The van der Waals surface area contributed by atoms with E-state index >= 15 is 0 Å². The number of carbonyl (C=O) groups is 1. The fraction of sp³-hybridized carbons (Fsp3) is 0.259. The van der Waals surface area contributed by atoms with Gasteiger partial charge in [0.15, 0.2) is 5.78 Å². The van der Waals surface area contributed by atoms with Gasteiger partial charge >= 0.3 is 6.18 Å². The molecular formula is C27H22F3N3OS. The van der Waals surface area contributed by atoms with Gasteiger partial charge in [0, 0.05) is 35.8 Å². The predicted molar refractivity (Wildman–Crippen MR) is 129 cm³/mol. The van der Waals surface area contributed by atoms with Crippen molar-refractivity contribution in [3.8, 4) is 6.07 Å². The monoisotopic (exact) mass is 493 g/mol. The van der Waals surface area contributed by atoms with Gasteiger partial charge in [-0.05, 0) is 64.6 Å². The standard InChI is InChI=1S/C27H22F3N3OS/c1-26(2)13-21-24(22(34)14-26)23(17-8-11-35-16-17)20(15-31)25(32-9-3-4-10-32)33(21)19-7-5-6-18(12-19)27(28,29)30/h3-12,16,23H,13-14H2,1-2H3/t23-/m1/s1. The van der Waals surface area contributed by atoms with Crippen molar-refractivity contribution in [2.45, 2.75) is 38.8 Å². The zero-order valence-electron chi connectivity index (χ0n) is 19.1. The van der Waals surface area contributed by atoms with Crippen LogP contribution in [0.25, 0.3) is 5.82 Å². The Morgan fingerprint density at radius 3 is 2.49 bits per heavy atom. The van der Waals surface area contributed by atoms with Gasteiger partial charge in [-0.3, -0.25) is 9.69 Å². The van der Waals surface area contributed by atoms with Crippen molar-refractivity contribution in [2.75, 3.05) is 4.90 Å². The summed E-state index contributed by atoms with van der Waals surface area (Å²) >= 11 is 1.48. The molecule has 1 aliphatic heterocycles. The van der Waals surface area contributed by atoms with Crippen LogP contribution in [-0.4, -0.2) is 10.4 Å². The highest BCUT2D eigenvalue weighted by molar-refractivity contribution is 7.08. The van der Waals surface area contributed by atoms with E-state index in [2.05, 4.69) is 6.07 Å². The summed E-state index contributed by atoms with van der Waals surface area (Å²) in [4.78, 5) is 15.3. The molecule has 5 rings (SSSR count). The Morgan fingerprint density at radius 1 is 1.11 bits per heavy atom. The molecule has 2 aromatic heterocycles. The molecule has 0 unspecified atom stereocenters. The van der Waals surface area contributed by atoms with Crippen LogP contribution < -0.4 is 4.90 Å². The number of nitrogens with zero attached hydrogens (tertiary/aromatic N) is 3. The summed E-state index contributed by atoms with van der Waals surface area (Å²) in [7, 11) is 0. The number of allylic oxidation sites excluding steroid dienone is 3. The topological polar surface area (TPSA) is 49.0 Å². The number of hydrogen-bond donors (Lipinski definition) is 0. The highest BCUT2D eigenvalue weighted by Crippen LogP contribution is 2.52. The van der Waals surface area contributed by atoms with E-state index in [1.165, 1.54) is 17.4 Å². The van der Waals surface area contributed by atoms with Gasteiger partial charge in [-0.25, -0.2) is 0 Å². The van der Waals surface area contributed by atoms with Gasteiger partial charge in [-0.1, -0.05) is 19.9 Å². The van der Waals surface area contributed by atoms with E-state index in [0.717, 1.165) is 17.7 Å². The van der Waals surface area contributed by atoms with Crippen LogP contribution in [-0.2, 0) is 11.0 Å². The van der Waals surface area contributed by atoms with Crippen LogP contribution in [0.4, 0.5) is 18.9 Å². The Bertz CT molecular complexity index is 1390. The van der Waals surface area contributed by atoms with Gasteiger partial charge < -0.3 is 4.57 Å². The molecule has 0 fully saturated rings. The molecule has 178 valence electrons. The molecule has 0 saturated heterocycles. The Hall–Kier alpha value is -3.57. The van der Waals surface area contributed by atoms with E-state index in [-0.39, 0.29) is 16.9 Å². The lowest BCUT2D eigenvalue weighted by Gasteiger charge is -2.44. The maximum absolute atomic E-state index is 13.7. The summed E-state index contributed by atoms with van der Waals surface area (Å²) in [5.74, 6) is -0.217. The number of ketones is 1. The third-order valence-corrected chi connectivity index (χ3v) is 7.18. The zero-order chi connectivity index (χ0) is 25.0. The Labute approximate surface area is 205 Å². The average Bonchev–Trinajstić information content (AvgIpc) is 3.50. The predicted octanol–water partition coefficient (Wildman–Crippen LogP) is 7.21. The molecule has 0 radical (unpaired) electrons. The number of alkyl halides is 3. The third kappa shape index (κ3) is 4.00. The third-order valence-electron chi connectivity index (χ3n) is 6.47. The zero-order valence-corrected chi connectivity index (χ0v) is 20.0. The molecule has 1 aromatic carbocycles. The minimum atomic E-state index is -4.53. The molecule has 1 atom stereocenters. The highest BCUT2D eigenvalue weighted by Gasteiger charge is 2.46. The van der Waals surface area contributed by atoms with Crippen LogP contribution in [0.3, 0.4) is 0 Å². The summed E-state index contributed by atoms with van der Waals surface area (Å²) in [5.41, 5.74) is 1.38. The van der Waals surface area contributed by atoms with E-state index in [9.17, 15) is 23.2 Å². The smallest absolute Gasteiger partial charge is 0.309 e. The van der Waals surface area contributed by atoms with Crippen molar-refractivity contribution in [1.82, 2.24) is 4.57 Å². The molecule has 1 aliphatic carbocycles. The number of rotatable bonds is 3. The fourth-order valence-corrected chi connectivity index (χ4v) is 5.75. The molecule has 4 nitrogen and oxygen atoms in total. The van der Waals surface area contributed by atoms with Gasteiger partial charge in [0.2, 0.25) is 0 Å². The number of nitriles is 1. The lowest BCUT2D eigenvalue weighted by Crippen LogP contribution is -2.40. The quantitative estimate of drug-likeness (QED) is 0.387. The van der Waals surface area contributed by atoms with Crippen LogP contribution in [0.5, 0.6) is 0 Å². The summed E-state index contributed by atoms with van der Waals surface area (Å²) < 4.78 is 42.7. The first-order chi connectivity index (χ1) is 16.6. The number of anilines is 1. The van der Waals surface area contributed by atoms with Crippen molar-refractivity contribution in [1.29, 1.82) is 5.26 Å². The summed E-state index contributed by atoms with van der Waals surface area (Å²) in [6.45, 7) is 3.97. The van der Waals surface area contributed by atoms with Gasteiger partial charge in [0.05, 0.1) is 23.1 Å². The van der Waals surface area contributed by atoms with Crippen molar-refractivity contribution in [3.05, 3.63) is 93.6 Å². The number of thiophene rings is 1. The minimum Gasteiger partial charge on any atom is -0.309 e. The molecule has 2 aliphatic rings. The summed E-state index contributed by atoms with van der Waals surface area (Å²) in [6.07, 6.45) is -0.216. The van der Waals surface area contributed by atoms with Crippen LogP contribution >= 0.6 is 11.3 Å². The van der Waals surface area contributed by atoms with Gasteiger partial charge in [-0.2, -0.15) is 29.8 Å². The van der Waals surface area contributed by atoms with Crippen LogP contribution in [0, 0.1) is 16.7 Å². The van der Waals surface area contributed by atoms with Gasteiger partial charge in [0.1, 0.15) is 5.82 Å². The summed E-state index contributed by atoms with van der Waals surface area (Å²) in [5, 5.41) is 14.2. The normalized spacial score (nSPS) is 20.2. The molecule has 0 N–H and O–H groups in total. The van der Waals surface area contributed by atoms with Crippen LogP contribution in [0.15, 0.2) is 82.5 Å². The number of carbonyl (C=O) groups excluding carboxylic acids is 1. The number of aromatic nitrogens is 1. The van der Waals surface area contributed by atoms with E-state index in [1.807, 2.05) is 30.7 Å². The van der Waals surface area contributed by atoms with Crippen LogP contribution in [0.2, 0.25) is 0 Å². The van der Waals surface area contributed by atoms with Crippen molar-refractivity contribution in [2.24, 2.45) is 5.41 Å². The molecule has 8 heteroatoms. The Kier molecular flexibility index (Phi) is 5.48. The molecule has 3 heterocycles. The first kappa shape index (κ1) is 23.2. The Morgan fingerprint density at radius 2 is 1.86 bits per heavy atom. The largest absolute Gasteiger partial charge is 0.416 e. The SMILES string of the molecule is CC1(C)CC(=O)C2=C(C1)N(c1cccc(C(F)(F)F)c1)C(n1cccc1)=C(C#N)[C@H]2c1ccsc1. The first-order valence-corrected chi connectivity index (χ1v) is 12.1. The van der Waals surface area contributed by atoms with E-state index in [0.29, 0.717) is 35.5 Å². The highest BCUT2D eigenvalue weighted by atomic mass is 32.1. The van der Waals surface area contributed by atoms with Gasteiger partial charge in [0.25, 0.3) is 0 Å². The lowest BCUT2D eigenvalue weighted by molar-refractivity contribution is -0.137. The molecule has 0 spiro atoms. The lowest BCUT2D eigenvalue weighted by atomic mass is 9.69. The molecule has 0 saturated carbocycles. The second kappa shape index (κ2) is 8.28. The molecule has 0 bridgehead atoms. The molecule has 3 aromatic rings. The number of halogens is 3. The first-order valence-electron chi connectivity index (χ1n) is 11.1. The van der Waals surface area contributed by atoms with E-state index in [4.69, 9.17) is 0 Å². The number of benzene rings is 1. The van der Waals surface area contributed by atoms with E-state index in [1.54, 1.807) is 40.1 Å². The van der Waals surface area contributed by atoms with Crippen molar-refractivity contribution in [3.63, 3.8) is 0 Å². The minimum absolute atomic E-state index is 0.0799. The molecule has 35 heavy (non-hydrogen) atoms. The average molecular weight is 494 g/mol. The van der Waals surface area contributed by atoms with Gasteiger partial charge in [-0.15, -0.1) is 0 Å². The molecular weight excluding hydrogens is 471 g/mol. The maximum Gasteiger partial charge on any atom is 0.416 e. The van der Waals surface area contributed by atoms with E-state index < -0.39 is 17.7 Å². The van der Waals surface area contributed by atoms with Crippen molar-refractivity contribution < 1.29 is 18.0 Å². The second-order valence-electron chi connectivity index (χ2n) is 9.61. The summed E-state index contributed by atoms with van der Waals surface area (Å²) in [6, 6.07) is 12.9.